The van der Waals surface area contributed by atoms with Crippen LogP contribution < -0.4 is 11.5 Å². The zero-order valence-corrected chi connectivity index (χ0v) is 16.8. The van der Waals surface area contributed by atoms with Gasteiger partial charge in [0.05, 0.1) is 0 Å². The van der Waals surface area contributed by atoms with E-state index in [2.05, 4.69) is 0 Å². The lowest BCUT2D eigenvalue weighted by molar-refractivity contribution is -0.224. The first-order valence-electron chi connectivity index (χ1n) is 9.64. The highest BCUT2D eigenvalue weighted by Crippen LogP contribution is 2.51. The number of halogens is 4. The van der Waals surface area contributed by atoms with Crippen molar-refractivity contribution in [3.05, 3.63) is 57.6 Å². The lowest BCUT2D eigenvalue weighted by Gasteiger charge is -2.29. The van der Waals surface area contributed by atoms with Crippen LogP contribution in [0.3, 0.4) is 0 Å². The number of alkyl halides is 4. The first-order chi connectivity index (χ1) is 13.0. The fourth-order valence-electron chi connectivity index (χ4n) is 3.45. The van der Waals surface area contributed by atoms with Crippen molar-refractivity contribution in [3.63, 3.8) is 0 Å². The number of hydrogen-bond acceptors (Lipinski definition) is 2. The SMILES string of the molecule is CCc1cc(C(F)(F)C(F)(F)c2cc(CC)c(N)c(CC)c2)cc(CC)c1N. The first kappa shape index (κ1) is 22.1. The second-order valence-corrected chi connectivity index (χ2v) is 6.98. The van der Waals surface area contributed by atoms with Gasteiger partial charge in [-0.1, -0.05) is 27.7 Å². The standard InChI is InChI=1S/C22H28F4N2/c1-5-13-9-17(10-14(6-2)19(13)27)21(23,24)22(25,26)18-11-15(7-3)20(28)16(8-4)12-18/h9-12H,5-8,27-28H2,1-4H3. The molecule has 0 aromatic heterocycles. The van der Waals surface area contributed by atoms with Gasteiger partial charge in [-0.05, 0) is 72.2 Å². The second kappa shape index (κ2) is 8.02. The summed E-state index contributed by atoms with van der Waals surface area (Å²) in [5.41, 5.74) is 13.1. The van der Waals surface area contributed by atoms with E-state index in [1.54, 1.807) is 27.7 Å². The lowest BCUT2D eigenvalue weighted by atomic mass is 9.89. The summed E-state index contributed by atoms with van der Waals surface area (Å²) < 4.78 is 60.5. The van der Waals surface area contributed by atoms with Gasteiger partial charge in [-0.3, -0.25) is 0 Å². The third-order valence-electron chi connectivity index (χ3n) is 5.35. The molecule has 0 atom stereocenters. The van der Waals surface area contributed by atoms with Gasteiger partial charge in [0.25, 0.3) is 0 Å². The molecule has 0 radical (unpaired) electrons. The van der Waals surface area contributed by atoms with Crippen LogP contribution in [0.15, 0.2) is 24.3 Å². The number of hydrogen-bond donors (Lipinski definition) is 2. The molecule has 0 aliphatic rings. The fourth-order valence-corrected chi connectivity index (χ4v) is 3.45. The van der Waals surface area contributed by atoms with Gasteiger partial charge >= 0.3 is 11.8 Å². The zero-order valence-electron chi connectivity index (χ0n) is 16.8. The van der Waals surface area contributed by atoms with E-state index in [-0.39, 0.29) is 0 Å². The maximum Gasteiger partial charge on any atom is 0.339 e. The minimum Gasteiger partial charge on any atom is -0.398 e. The Bertz CT molecular complexity index is 738. The molecule has 0 heterocycles. The van der Waals surface area contributed by atoms with Gasteiger partial charge in [0, 0.05) is 22.5 Å². The Hall–Kier alpha value is -2.24. The predicted molar refractivity (Wildman–Crippen MR) is 107 cm³/mol. The Balaban J connectivity index is 2.68. The Morgan fingerprint density at radius 3 is 0.964 bits per heavy atom. The van der Waals surface area contributed by atoms with Gasteiger partial charge in [-0.15, -0.1) is 0 Å². The van der Waals surface area contributed by atoms with E-state index < -0.39 is 23.0 Å². The Kier molecular flexibility index (Phi) is 6.31. The molecule has 2 aromatic rings. The fraction of sp³-hybridized carbons (Fsp3) is 0.455. The molecule has 0 fully saturated rings. The number of rotatable bonds is 7. The largest absolute Gasteiger partial charge is 0.398 e. The monoisotopic (exact) mass is 396 g/mol. The molecule has 0 bridgehead atoms. The molecule has 0 saturated carbocycles. The average molecular weight is 396 g/mol. The third-order valence-corrected chi connectivity index (χ3v) is 5.35. The van der Waals surface area contributed by atoms with E-state index in [9.17, 15) is 0 Å². The summed E-state index contributed by atoms with van der Waals surface area (Å²) in [4.78, 5) is 0. The van der Waals surface area contributed by atoms with Gasteiger partial charge in [-0.2, -0.15) is 17.6 Å². The van der Waals surface area contributed by atoms with Gasteiger partial charge in [-0.25, -0.2) is 0 Å². The number of nitrogens with two attached hydrogens (primary N) is 2. The van der Waals surface area contributed by atoms with Gasteiger partial charge in [0.2, 0.25) is 0 Å². The van der Waals surface area contributed by atoms with Crippen LogP contribution >= 0.6 is 0 Å². The third kappa shape index (κ3) is 3.56. The summed E-state index contributed by atoms with van der Waals surface area (Å²) in [6.07, 6.45) is 1.54. The molecule has 4 N–H and O–H groups in total. The van der Waals surface area contributed by atoms with Crippen LogP contribution in [0.2, 0.25) is 0 Å². The Morgan fingerprint density at radius 1 is 0.571 bits per heavy atom. The van der Waals surface area contributed by atoms with Crippen molar-refractivity contribution in [2.45, 2.75) is 65.2 Å². The molecule has 0 amide bonds. The summed E-state index contributed by atoms with van der Waals surface area (Å²) in [6.45, 7) is 7.02. The number of nitrogen functional groups attached to an aromatic ring is 2. The maximum absolute atomic E-state index is 15.1. The summed E-state index contributed by atoms with van der Waals surface area (Å²) in [6, 6.07) is 4.39. The minimum absolute atomic E-state index is 0.385. The van der Waals surface area contributed by atoms with E-state index in [0.717, 1.165) is 24.3 Å². The summed E-state index contributed by atoms with van der Waals surface area (Å²) >= 11 is 0. The van der Waals surface area contributed by atoms with E-state index in [0.29, 0.717) is 59.3 Å². The van der Waals surface area contributed by atoms with Crippen molar-refractivity contribution >= 4 is 11.4 Å². The summed E-state index contributed by atoms with van der Waals surface area (Å²) in [5.74, 6) is -8.78. The number of benzene rings is 2. The molecule has 6 heteroatoms. The van der Waals surface area contributed by atoms with Crippen molar-refractivity contribution in [1.82, 2.24) is 0 Å². The van der Waals surface area contributed by atoms with Gasteiger partial charge in [0.15, 0.2) is 0 Å². The number of anilines is 2. The zero-order chi connectivity index (χ0) is 21.3. The van der Waals surface area contributed by atoms with E-state index in [4.69, 9.17) is 11.5 Å². The summed E-state index contributed by atoms with van der Waals surface area (Å²) in [5, 5.41) is 0. The van der Waals surface area contributed by atoms with Crippen LogP contribution in [0.5, 0.6) is 0 Å². The van der Waals surface area contributed by atoms with E-state index >= 15 is 17.6 Å². The topological polar surface area (TPSA) is 52.0 Å². The van der Waals surface area contributed by atoms with Crippen LogP contribution in [-0.4, -0.2) is 0 Å². The van der Waals surface area contributed by atoms with Crippen molar-refractivity contribution < 1.29 is 17.6 Å². The molecule has 2 aromatic carbocycles. The quantitative estimate of drug-likeness (QED) is 0.446. The highest BCUT2D eigenvalue weighted by molar-refractivity contribution is 5.58. The second-order valence-electron chi connectivity index (χ2n) is 6.98. The molecule has 0 saturated heterocycles. The highest BCUT2D eigenvalue weighted by Gasteiger charge is 2.58. The van der Waals surface area contributed by atoms with E-state index in [1.807, 2.05) is 0 Å². The summed E-state index contributed by atoms with van der Waals surface area (Å²) in [7, 11) is 0. The molecule has 2 nitrogen and oxygen atoms in total. The smallest absolute Gasteiger partial charge is 0.339 e. The molecule has 0 spiro atoms. The predicted octanol–water partition coefficient (Wildman–Crippen LogP) is 5.98. The van der Waals surface area contributed by atoms with Crippen LogP contribution in [-0.2, 0) is 37.5 Å². The highest BCUT2D eigenvalue weighted by atomic mass is 19.3. The Morgan fingerprint density at radius 2 is 0.786 bits per heavy atom. The molecular weight excluding hydrogens is 368 g/mol. The van der Waals surface area contributed by atoms with Crippen molar-refractivity contribution in [3.8, 4) is 0 Å². The van der Waals surface area contributed by atoms with Gasteiger partial charge in [0.1, 0.15) is 0 Å². The van der Waals surface area contributed by atoms with Crippen LogP contribution in [0.1, 0.15) is 61.1 Å². The van der Waals surface area contributed by atoms with Gasteiger partial charge < -0.3 is 11.5 Å². The molecule has 0 unspecified atom stereocenters. The maximum atomic E-state index is 15.1. The number of aryl methyl sites for hydroxylation is 4. The first-order valence-corrected chi connectivity index (χ1v) is 9.64. The molecular formula is C22H28F4N2. The van der Waals surface area contributed by atoms with Crippen LogP contribution in [0.25, 0.3) is 0 Å². The van der Waals surface area contributed by atoms with Crippen LogP contribution in [0, 0.1) is 0 Å². The normalized spacial score (nSPS) is 12.4. The minimum atomic E-state index is -4.39. The van der Waals surface area contributed by atoms with Crippen molar-refractivity contribution in [2.24, 2.45) is 0 Å². The molecule has 28 heavy (non-hydrogen) atoms. The molecule has 0 aliphatic carbocycles. The lowest BCUT2D eigenvalue weighted by Crippen LogP contribution is -2.36. The van der Waals surface area contributed by atoms with Crippen molar-refractivity contribution in [2.75, 3.05) is 11.5 Å². The van der Waals surface area contributed by atoms with Crippen molar-refractivity contribution in [1.29, 1.82) is 0 Å². The molecule has 0 aliphatic heterocycles. The van der Waals surface area contributed by atoms with E-state index in [1.165, 1.54) is 0 Å². The average Bonchev–Trinajstić information content (AvgIpc) is 2.67. The molecule has 154 valence electrons. The van der Waals surface area contributed by atoms with Crippen LogP contribution in [0.4, 0.5) is 28.9 Å². The Labute approximate surface area is 163 Å². The molecule has 2 rings (SSSR count).